The molecule has 1 aliphatic rings. The third-order valence-corrected chi connectivity index (χ3v) is 6.37. The Kier molecular flexibility index (Phi) is 3.58. The van der Waals surface area contributed by atoms with Crippen molar-refractivity contribution in [2.45, 2.75) is 31.2 Å². The first kappa shape index (κ1) is 13.0. The molecule has 2 N–H and O–H groups in total. The molecule has 0 unspecified atom stereocenters. The van der Waals surface area contributed by atoms with Gasteiger partial charge in [-0.3, -0.25) is 0 Å². The maximum Gasteiger partial charge on any atom is 0.244 e. The van der Waals surface area contributed by atoms with Crippen molar-refractivity contribution in [3.8, 4) is 0 Å². The van der Waals surface area contributed by atoms with Crippen LogP contribution in [0.2, 0.25) is 0 Å². The molecule has 0 amide bonds. The molecule has 1 fully saturated rings. The Labute approximate surface area is 106 Å². The number of hydrogen-bond acceptors (Lipinski definition) is 4. The SMILES string of the molecule is Cc1csc(CN)c1S(=O)(=O)N(C)CC1CC1. The lowest BCUT2D eigenvalue weighted by Gasteiger charge is -2.17. The summed E-state index contributed by atoms with van der Waals surface area (Å²) < 4.78 is 26.3. The van der Waals surface area contributed by atoms with Gasteiger partial charge in [-0.2, -0.15) is 0 Å². The Morgan fingerprint density at radius 3 is 2.71 bits per heavy atom. The van der Waals surface area contributed by atoms with E-state index in [0.29, 0.717) is 17.4 Å². The van der Waals surface area contributed by atoms with Crippen LogP contribution in [0.1, 0.15) is 23.3 Å². The van der Waals surface area contributed by atoms with E-state index in [0.717, 1.165) is 23.3 Å². The van der Waals surface area contributed by atoms with E-state index in [-0.39, 0.29) is 6.54 Å². The highest BCUT2D eigenvalue weighted by atomic mass is 32.2. The fraction of sp³-hybridized carbons (Fsp3) is 0.636. The molecule has 0 aliphatic heterocycles. The first-order chi connectivity index (χ1) is 7.96. The zero-order valence-electron chi connectivity index (χ0n) is 10.1. The third kappa shape index (κ3) is 2.54. The molecule has 0 aromatic carbocycles. The van der Waals surface area contributed by atoms with E-state index in [9.17, 15) is 8.42 Å². The Hall–Kier alpha value is -0.430. The van der Waals surface area contributed by atoms with Crippen molar-refractivity contribution in [3.63, 3.8) is 0 Å². The quantitative estimate of drug-likeness (QED) is 0.886. The highest BCUT2D eigenvalue weighted by molar-refractivity contribution is 7.89. The molecule has 1 aromatic rings. The monoisotopic (exact) mass is 274 g/mol. The molecule has 1 aromatic heterocycles. The van der Waals surface area contributed by atoms with Crippen LogP contribution < -0.4 is 5.73 Å². The zero-order valence-corrected chi connectivity index (χ0v) is 11.8. The van der Waals surface area contributed by atoms with E-state index in [4.69, 9.17) is 5.73 Å². The summed E-state index contributed by atoms with van der Waals surface area (Å²) in [5, 5.41) is 1.86. The summed E-state index contributed by atoms with van der Waals surface area (Å²) in [5.74, 6) is 0.551. The molecule has 17 heavy (non-hydrogen) atoms. The van der Waals surface area contributed by atoms with Crippen LogP contribution in [0.3, 0.4) is 0 Å². The number of thiophene rings is 1. The van der Waals surface area contributed by atoms with E-state index in [1.807, 2.05) is 12.3 Å². The van der Waals surface area contributed by atoms with Crippen LogP contribution in [-0.4, -0.2) is 26.3 Å². The van der Waals surface area contributed by atoms with Gasteiger partial charge in [0.2, 0.25) is 10.0 Å². The molecule has 1 heterocycles. The third-order valence-electron chi connectivity index (χ3n) is 3.06. The lowest BCUT2D eigenvalue weighted by Crippen LogP contribution is -2.30. The highest BCUT2D eigenvalue weighted by Gasteiger charge is 2.31. The van der Waals surface area contributed by atoms with E-state index in [1.54, 1.807) is 7.05 Å². The summed E-state index contributed by atoms with van der Waals surface area (Å²) in [6, 6.07) is 0. The van der Waals surface area contributed by atoms with Crippen molar-refractivity contribution >= 4 is 21.4 Å². The second kappa shape index (κ2) is 4.68. The first-order valence-electron chi connectivity index (χ1n) is 5.70. The molecule has 0 atom stereocenters. The molecule has 6 heteroatoms. The summed E-state index contributed by atoms with van der Waals surface area (Å²) in [6.07, 6.45) is 2.29. The summed E-state index contributed by atoms with van der Waals surface area (Å²) in [4.78, 5) is 1.18. The van der Waals surface area contributed by atoms with Crippen LogP contribution in [0.25, 0.3) is 0 Å². The number of hydrogen-bond donors (Lipinski definition) is 1. The van der Waals surface area contributed by atoms with Crippen LogP contribution in [0.4, 0.5) is 0 Å². The van der Waals surface area contributed by atoms with Gasteiger partial charge in [0.05, 0.1) is 0 Å². The number of aryl methyl sites for hydroxylation is 1. The fourth-order valence-electron chi connectivity index (χ4n) is 1.89. The molecule has 4 nitrogen and oxygen atoms in total. The van der Waals surface area contributed by atoms with Crippen molar-refractivity contribution < 1.29 is 8.42 Å². The lowest BCUT2D eigenvalue weighted by molar-refractivity contribution is 0.452. The second-order valence-electron chi connectivity index (χ2n) is 4.60. The van der Waals surface area contributed by atoms with E-state index in [2.05, 4.69) is 0 Å². The van der Waals surface area contributed by atoms with Gasteiger partial charge in [0.25, 0.3) is 0 Å². The van der Waals surface area contributed by atoms with Gasteiger partial charge in [0.1, 0.15) is 4.90 Å². The highest BCUT2D eigenvalue weighted by Crippen LogP contribution is 2.33. The van der Waals surface area contributed by atoms with Crippen molar-refractivity contribution in [2.24, 2.45) is 11.7 Å². The van der Waals surface area contributed by atoms with Crippen molar-refractivity contribution in [1.29, 1.82) is 0 Å². The van der Waals surface area contributed by atoms with Gasteiger partial charge < -0.3 is 5.73 Å². The molecule has 1 saturated carbocycles. The van der Waals surface area contributed by atoms with Gasteiger partial charge in [0, 0.05) is 25.0 Å². The van der Waals surface area contributed by atoms with Crippen LogP contribution in [-0.2, 0) is 16.6 Å². The first-order valence-corrected chi connectivity index (χ1v) is 8.02. The van der Waals surface area contributed by atoms with Crippen LogP contribution in [0.15, 0.2) is 10.3 Å². The normalized spacial score (nSPS) is 16.7. The zero-order chi connectivity index (χ0) is 12.6. The van der Waals surface area contributed by atoms with Gasteiger partial charge in [0.15, 0.2) is 0 Å². The second-order valence-corrected chi connectivity index (χ2v) is 7.55. The Bertz CT molecular complexity index is 504. The number of sulfonamides is 1. The average molecular weight is 274 g/mol. The van der Waals surface area contributed by atoms with E-state index in [1.165, 1.54) is 15.6 Å². The van der Waals surface area contributed by atoms with Crippen LogP contribution >= 0.6 is 11.3 Å². The van der Waals surface area contributed by atoms with E-state index >= 15 is 0 Å². The molecular weight excluding hydrogens is 256 g/mol. The molecular formula is C11H18N2O2S2. The molecule has 2 rings (SSSR count). The molecule has 0 spiro atoms. The van der Waals surface area contributed by atoms with Gasteiger partial charge in [-0.25, -0.2) is 12.7 Å². The van der Waals surface area contributed by atoms with Crippen molar-refractivity contribution in [2.75, 3.05) is 13.6 Å². The minimum atomic E-state index is -3.36. The summed E-state index contributed by atoms with van der Waals surface area (Å²) in [6.45, 7) is 2.74. The Morgan fingerprint density at radius 2 is 2.18 bits per heavy atom. The molecule has 96 valence electrons. The van der Waals surface area contributed by atoms with Gasteiger partial charge >= 0.3 is 0 Å². The number of nitrogens with two attached hydrogens (primary N) is 1. The average Bonchev–Trinajstić information content (AvgIpc) is 2.99. The fourth-order valence-corrected chi connectivity index (χ4v) is 4.78. The Balaban J connectivity index is 2.32. The topological polar surface area (TPSA) is 63.4 Å². The largest absolute Gasteiger partial charge is 0.326 e. The van der Waals surface area contributed by atoms with Gasteiger partial charge in [-0.1, -0.05) is 0 Å². The van der Waals surface area contributed by atoms with Crippen molar-refractivity contribution in [1.82, 2.24) is 4.31 Å². The standard InChI is InChI=1S/C11H18N2O2S2/c1-8-7-16-10(5-12)11(8)17(14,15)13(2)6-9-3-4-9/h7,9H,3-6,12H2,1-2H3. The molecule has 0 saturated heterocycles. The predicted octanol–water partition coefficient (Wildman–Crippen LogP) is 1.55. The molecule has 0 bridgehead atoms. The van der Waals surface area contributed by atoms with Crippen molar-refractivity contribution in [3.05, 3.63) is 15.8 Å². The predicted molar refractivity (Wildman–Crippen MR) is 69.5 cm³/mol. The number of rotatable bonds is 5. The van der Waals surface area contributed by atoms with Crippen LogP contribution in [0, 0.1) is 12.8 Å². The summed E-state index contributed by atoms with van der Waals surface area (Å²) >= 11 is 1.42. The number of nitrogens with zero attached hydrogens (tertiary/aromatic N) is 1. The summed E-state index contributed by atoms with van der Waals surface area (Å²) in [7, 11) is -1.70. The maximum absolute atomic E-state index is 12.4. The Morgan fingerprint density at radius 1 is 1.53 bits per heavy atom. The van der Waals surface area contributed by atoms with Gasteiger partial charge in [-0.15, -0.1) is 11.3 Å². The molecule has 1 aliphatic carbocycles. The van der Waals surface area contributed by atoms with Crippen LogP contribution in [0.5, 0.6) is 0 Å². The smallest absolute Gasteiger partial charge is 0.244 e. The lowest BCUT2D eigenvalue weighted by atomic mass is 10.3. The molecule has 0 radical (unpaired) electrons. The van der Waals surface area contributed by atoms with E-state index < -0.39 is 10.0 Å². The maximum atomic E-state index is 12.4. The van der Waals surface area contributed by atoms with Gasteiger partial charge in [-0.05, 0) is 36.6 Å². The summed E-state index contributed by atoms with van der Waals surface area (Å²) in [5.41, 5.74) is 6.41. The minimum Gasteiger partial charge on any atom is -0.326 e. The minimum absolute atomic E-state index is 0.282.